The highest BCUT2D eigenvalue weighted by molar-refractivity contribution is 7.15. The molecular weight excluding hydrogens is 280 g/mol. The van der Waals surface area contributed by atoms with Crippen molar-refractivity contribution >= 4 is 16.3 Å². The molecule has 1 atom stereocenters. The number of halogens is 2. The van der Waals surface area contributed by atoms with E-state index >= 15 is 0 Å². The van der Waals surface area contributed by atoms with Crippen LogP contribution in [0, 0.1) is 18.6 Å². The second-order valence-corrected chi connectivity index (χ2v) is 5.63. The summed E-state index contributed by atoms with van der Waals surface area (Å²) in [7, 11) is 0. The van der Waals surface area contributed by atoms with Gasteiger partial charge in [-0.3, -0.25) is 4.40 Å². The number of hydrogen-bond donors (Lipinski definition) is 1. The Morgan fingerprint density at radius 1 is 1.35 bits per heavy atom. The number of thiazole rings is 1. The summed E-state index contributed by atoms with van der Waals surface area (Å²) in [4.78, 5) is 5.29. The maximum Gasteiger partial charge on any atom is 0.193 e. The van der Waals surface area contributed by atoms with E-state index in [-0.39, 0.29) is 0 Å². The lowest BCUT2D eigenvalue weighted by molar-refractivity contribution is 0.549. The number of imidazole rings is 1. The second kappa shape index (κ2) is 4.96. The molecule has 0 saturated heterocycles. The molecular formula is C14H13F2N3S. The molecule has 2 N–H and O–H groups in total. The molecule has 0 fully saturated rings. The van der Waals surface area contributed by atoms with E-state index in [1.807, 2.05) is 22.2 Å². The molecule has 1 aromatic carbocycles. The van der Waals surface area contributed by atoms with Gasteiger partial charge in [0, 0.05) is 41.9 Å². The minimum absolute atomic E-state index is 0.320. The molecule has 0 radical (unpaired) electrons. The van der Waals surface area contributed by atoms with Gasteiger partial charge in [-0.1, -0.05) is 0 Å². The van der Waals surface area contributed by atoms with Gasteiger partial charge in [0.05, 0.1) is 5.69 Å². The first-order chi connectivity index (χ1) is 9.54. The SMILES string of the molecule is Cc1cc(C(N)Cc2cn3ccsc3n2)c(F)cc1F. The van der Waals surface area contributed by atoms with Crippen LogP contribution in [0.2, 0.25) is 0 Å². The zero-order chi connectivity index (χ0) is 14.3. The van der Waals surface area contributed by atoms with Crippen LogP contribution in [0.5, 0.6) is 0 Å². The molecule has 2 heterocycles. The van der Waals surface area contributed by atoms with Gasteiger partial charge >= 0.3 is 0 Å². The lowest BCUT2D eigenvalue weighted by Gasteiger charge is -2.13. The van der Waals surface area contributed by atoms with E-state index in [9.17, 15) is 8.78 Å². The summed E-state index contributed by atoms with van der Waals surface area (Å²) in [6.07, 6.45) is 4.20. The van der Waals surface area contributed by atoms with E-state index in [4.69, 9.17) is 5.73 Å². The van der Waals surface area contributed by atoms with Crippen molar-refractivity contribution in [1.82, 2.24) is 9.38 Å². The molecule has 0 amide bonds. The molecule has 2 aromatic heterocycles. The summed E-state index contributed by atoms with van der Waals surface area (Å²) < 4.78 is 28.9. The van der Waals surface area contributed by atoms with Gasteiger partial charge in [-0.25, -0.2) is 13.8 Å². The largest absolute Gasteiger partial charge is 0.324 e. The molecule has 0 aliphatic rings. The van der Waals surface area contributed by atoms with Crippen molar-refractivity contribution in [2.24, 2.45) is 5.73 Å². The van der Waals surface area contributed by atoms with Crippen LogP contribution in [0.1, 0.15) is 22.9 Å². The molecule has 0 bridgehead atoms. The maximum atomic E-state index is 13.8. The predicted molar refractivity (Wildman–Crippen MR) is 74.8 cm³/mol. The third-order valence-electron chi connectivity index (χ3n) is 3.25. The van der Waals surface area contributed by atoms with Crippen molar-refractivity contribution in [2.45, 2.75) is 19.4 Å². The first-order valence-corrected chi connectivity index (χ1v) is 7.05. The number of aryl methyl sites for hydroxylation is 1. The smallest absolute Gasteiger partial charge is 0.193 e. The Labute approximate surface area is 118 Å². The van der Waals surface area contributed by atoms with Gasteiger partial charge in [-0.05, 0) is 18.6 Å². The van der Waals surface area contributed by atoms with E-state index in [2.05, 4.69) is 4.98 Å². The molecule has 0 aliphatic carbocycles. The van der Waals surface area contributed by atoms with E-state index in [0.29, 0.717) is 17.5 Å². The number of hydrogen-bond acceptors (Lipinski definition) is 3. The fourth-order valence-corrected chi connectivity index (χ4v) is 2.89. The first kappa shape index (κ1) is 13.2. The second-order valence-electron chi connectivity index (χ2n) is 4.76. The van der Waals surface area contributed by atoms with E-state index < -0.39 is 17.7 Å². The Bertz CT molecular complexity index is 734. The van der Waals surface area contributed by atoms with Crippen molar-refractivity contribution in [1.29, 1.82) is 0 Å². The van der Waals surface area contributed by atoms with E-state index in [1.54, 1.807) is 6.92 Å². The first-order valence-electron chi connectivity index (χ1n) is 6.17. The number of nitrogens with zero attached hydrogens (tertiary/aromatic N) is 2. The lowest BCUT2D eigenvalue weighted by Crippen LogP contribution is -2.16. The van der Waals surface area contributed by atoms with Crippen LogP contribution in [0.25, 0.3) is 4.96 Å². The molecule has 104 valence electrons. The summed E-state index contributed by atoms with van der Waals surface area (Å²) in [5.41, 5.74) is 7.54. The monoisotopic (exact) mass is 293 g/mol. The molecule has 0 spiro atoms. The molecule has 3 nitrogen and oxygen atoms in total. The highest BCUT2D eigenvalue weighted by Crippen LogP contribution is 2.23. The van der Waals surface area contributed by atoms with Gasteiger partial charge in [-0.2, -0.15) is 0 Å². The fraction of sp³-hybridized carbons (Fsp3) is 0.214. The molecule has 3 aromatic rings. The Morgan fingerprint density at radius 3 is 2.90 bits per heavy atom. The Kier molecular flexibility index (Phi) is 3.27. The average molecular weight is 293 g/mol. The van der Waals surface area contributed by atoms with Gasteiger partial charge in [-0.15, -0.1) is 11.3 Å². The van der Waals surface area contributed by atoms with Crippen molar-refractivity contribution in [3.8, 4) is 0 Å². The highest BCUT2D eigenvalue weighted by Gasteiger charge is 2.16. The highest BCUT2D eigenvalue weighted by atomic mass is 32.1. The molecule has 6 heteroatoms. The molecule has 3 rings (SSSR count). The molecule has 1 unspecified atom stereocenters. The van der Waals surface area contributed by atoms with Gasteiger partial charge in [0.1, 0.15) is 11.6 Å². The summed E-state index contributed by atoms with van der Waals surface area (Å²) in [5.74, 6) is -1.16. The van der Waals surface area contributed by atoms with E-state index in [1.165, 1.54) is 17.4 Å². The summed E-state index contributed by atoms with van der Waals surface area (Å²) in [6, 6.07) is 1.81. The number of aromatic nitrogens is 2. The summed E-state index contributed by atoms with van der Waals surface area (Å²) >= 11 is 1.53. The third-order valence-corrected chi connectivity index (χ3v) is 4.02. The van der Waals surface area contributed by atoms with Crippen LogP contribution in [0.4, 0.5) is 8.78 Å². The molecule has 0 saturated carbocycles. The standard InChI is InChI=1S/C14H13F2N3S/c1-8-4-10(12(16)6-11(8)15)13(17)5-9-7-19-2-3-20-14(19)18-9/h2-4,6-7,13H,5,17H2,1H3. The average Bonchev–Trinajstić information content (AvgIpc) is 2.94. The van der Waals surface area contributed by atoms with Crippen LogP contribution in [-0.4, -0.2) is 9.38 Å². The van der Waals surface area contributed by atoms with E-state index in [0.717, 1.165) is 16.7 Å². The quantitative estimate of drug-likeness (QED) is 0.805. The number of fused-ring (bicyclic) bond motifs is 1. The molecule has 20 heavy (non-hydrogen) atoms. The zero-order valence-electron chi connectivity index (χ0n) is 10.8. The van der Waals surface area contributed by atoms with Crippen LogP contribution in [0.15, 0.2) is 29.9 Å². The third kappa shape index (κ3) is 2.32. The van der Waals surface area contributed by atoms with Gasteiger partial charge in [0.15, 0.2) is 4.96 Å². The maximum absolute atomic E-state index is 13.8. The van der Waals surface area contributed by atoms with Gasteiger partial charge < -0.3 is 5.73 Å². The minimum Gasteiger partial charge on any atom is -0.324 e. The van der Waals surface area contributed by atoms with Crippen molar-refractivity contribution in [3.63, 3.8) is 0 Å². The van der Waals surface area contributed by atoms with Crippen LogP contribution >= 0.6 is 11.3 Å². The van der Waals surface area contributed by atoms with Gasteiger partial charge in [0.2, 0.25) is 0 Å². The van der Waals surface area contributed by atoms with Crippen molar-refractivity contribution in [3.05, 3.63) is 58.4 Å². The summed E-state index contributed by atoms with van der Waals surface area (Å²) in [5, 5.41) is 1.94. The minimum atomic E-state index is -0.610. The lowest BCUT2D eigenvalue weighted by atomic mass is 10.0. The summed E-state index contributed by atoms with van der Waals surface area (Å²) in [6.45, 7) is 1.59. The fourth-order valence-electron chi connectivity index (χ4n) is 2.17. The number of nitrogens with two attached hydrogens (primary N) is 1. The van der Waals surface area contributed by atoms with Gasteiger partial charge in [0.25, 0.3) is 0 Å². The Hall–Kier alpha value is -1.79. The normalized spacial score (nSPS) is 13.0. The topological polar surface area (TPSA) is 43.3 Å². The van der Waals surface area contributed by atoms with Crippen LogP contribution in [-0.2, 0) is 6.42 Å². The van der Waals surface area contributed by atoms with Crippen LogP contribution < -0.4 is 5.73 Å². The number of benzene rings is 1. The molecule has 0 aliphatic heterocycles. The van der Waals surface area contributed by atoms with Crippen molar-refractivity contribution < 1.29 is 8.78 Å². The Balaban J connectivity index is 1.87. The van der Waals surface area contributed by atoms with Crippen LogP contribution in [0.3, 0.4) is 0 Å². The Morgan fingerprint density at radius 2 is 2.15 bits per heavy atom. The van der Waals surface area contributed by atoms with Crippen molar-refractivity contribution in [2.75, 3.05) is 0 Å². The predicted octanol–water partition coefficient (Wildman–Crippen LogP) is 3.22. The number of rotatable bonds is 3. The zero-order valence-corrected chi connectivity index (χ0v) is 11.6.